The fraction of sp³-hybridized carbons (Fsp3) is 0.364. The molecule has 7 heteroatoms. The van der Waals surface area contributed by atoms with Crippen molar-refractivity contribution in [1.82, 2.24) is 4.57 Å². The molecule has 1 amide bonds. The summed E-state index contributed by atoms with van der Waals surface area (Å²) in [5.41, 5.74) is 2.41. The Labute approximate surface area is 188 Å². The van der Waals surface area contributed by atoms with E-state index in [9.17, 15) is 4.79 Å². The first-order chi connectivity index (χ1) is 14.2. The fourth-order valence-electron chi connectivity index (χ4n) is 2.90. The summed E-state index contributed by atoms with van der Waals surface area (Å²) in [6, 6.07) is 16.6. The van der Waals surface area contributed by atoms with Crippen LogP contribution in [0.4, 0.5) is 0 Å². The summed E-state index contributed by atoms with van der Waals surface area (Å²) in [5, 5.41) is 0. The molecule has 0 radical (unpaired) electrons. The van der Waals surface area contributed by atoms with E-state index in [1.165, 1.54) is 5.56 Å². The Hall–Kier alpha value is -1.41. The van der Waals surface area contributed by atoms with Crippen molar-refractivity contribution < 1.29 is 9.53 Å². The van der Waals surface area contributed by atoms with Crippen LogP contribution in [0.2, 0.25) is 0 Å². The molecule has 0 N–H and O–H groups in total. The summed E-state index contributed by atoms with van der Waals surface area (Å²) in [6.07, 6.45) is 1.32. The molecule has 3 rings (SSSR count). The van der Waals surface area contributed by atoms with Crippen molar-refractivity contribution in [2.75, 3.05) is 19.0 Å². The summed E-state index contributed by atoms with van der Waals surface area (Å²) in [7, 11) is 0. The number of aromatic nitrogens is 1. The Kier molecular flexibility index (Phi) is 8.98. The van der Waals surface area contributed by atoms with E-state index in [1.54, 1.807) is 11.3 Å². The molecule has 0 bridgehead atoms. The third kappa shape index (κ3) is 6.81. The lowest BCUT2D eigenvalue weighted by molar-refractivity contribution is -0.118. The summed E-state index contributed by atoms with van der Waals surface area (Å²) >= 11 is 6.93. The first kappa shape index (κ1) is 22.3. The Morgan fingerprint density at radius 1 is 1.24 bits per heavy atom. The molecule has 0 unspecified atom stereocenters. The minimum atomic E-state index is -0.0545. The Bertz CT molecular complexity index is 999. The van der Waals surface area contributed by atoms with Gasteiger partial charge in [-0.1, -0.05) is 57.6 Å². The van der Waals surface area contributed by atoms with E-state index in [-0.39, 0.29) is 5.91 Å². The highest BCUT2D eigenvalue weighted by atomic mass is 79.9. The Morgan fingerprint density at radius 2 is 2.07 bits per heavy atom. The number of ether oxygens (including phenoxy) is 1. The third-order valence-corrected chi connectivity index (χ3v) is 6.97. The molecule has 0 saturated carbocycles. The molecule has 154 valence electrons. The molecule has 0 atom stereocenters. The van der Waals surface area contributed by atoms with Crippen LogP contribution in [0.3, 0.4) is 0 Å². The van der Waals surface area contributed by atoms with Crippen LogP contribution in [0, 0.1) is 0 Å². The van der Waals surface area contributed by atoms with Gasteiger partial charge in [-0.15, -0.1) is 0 Å². The van der Waals surface area contributed by atoms with Crippen LogP contribution in [-0.2, 0) is 21.8 Å². The van der Waals surface area contributed by atoms with Crippen LogP contribution in [0.15, 0.2) is 58.0 Å². The summed E-state index contributed by atoms with van der Waals surface area (Å²) in [6.45, 7) is 3.96. The van der Waals surface area contributed by atoms with Gasteiger partial charge in [0, 0.05) is 29.8 Å². The van der Waals surface area contributed by atoms with Crippen LogP contribution in [0.25, 0.3) is 10.2 Å². The molecule has 3 aromatic rings. The van der Waals surface area contributed by atoms with E-state index >= 15 is 0 Å². The van der Waals surface area contributed by atoms with Crippen molar-refractivity contribution in [2.24, 2.45) is 4.99 Å². The lowest BCUT2D eigenvalue weighted by atomic mass is 10.2. The molecule has 29 heavy (non-hydrogen) atoms. The summed E-state index contributed by atoms with van der Waals surface area (Å²) in [5.74, 6) is 1.88. The van der Waals surface area contributed by atoms with Crippen LogP contribution >= 0.6 is 39.0 Å². The normalized spacial score (nSPS) is 12.0. The smallest absolute Gasteiger partial charge is 0.248 e. The van der Waals surface area contributed by atoms with Gasteiger partial charge in [0.25, 0.3) is 0 Å². The van der Waals surface area contributed by atoms with Gasteiger partial charge in [0.2, 0.25) is 5.91 Å². The number of amides is 1. The number of carbonyl (C=O) groups excluding carboxylic acids is 1. The van der Waals surface area contributed by atoms with Gasteiger partial charge in [-0.05, 0) is 42.9 Å². The number of halogens is 1. The molecule has 0 spiro atoms. The van der Waals surface area contributed by atoms with E-state index in [4.69, 9.17) is 4.74 Å². The van der Waals surface area contributed by atoms with Crippen molar-refractivity contribution >= 4 is 55.2 Å². The number of thioether (sulfide) groups is 1. The van der Waals surface area contributed by atoms with E-state index in [2.05, 4.69) is 61.9 Å². The van der Waals surface area contributed by atoms with Gasteiger partial charge in [0.1, 0.15) is 0 Å². The lowest BCUT2D eigenvalue weighted by Gasteiger charge is -2.05. The van der Waals surface area contributed by atoms with Crippen LogP contribution in [-0.4, -0.2) is 29.4 Å². The maximum atomic E-state index is 12.4. The largest absolute Gasteiger partial charge is 0.380 e. The third-order valence-electron chi connectivity index (χ3n) is 4.32. The van der Waals surface area contributed by atoms with Gasteiger partial charge in [-0.2, -0.15) is 16.8 Å². The van der Waals surface area contributed by atoms with Crippen molar-refractivity contribution in [1.29, 1.82) is 0 Å². The number of benzene rings is 2. The highest BCUT2D eigenvalue weighted by Crippen LogP contribution is 2.22. The number of rotatable bonds is 10. The maximum absolute atomic E-state index is 12.4. The number of carbonyl (C=O) groups is 1. The number of hydrogen-bond donors (Lipinski definition) is 0. The van der Waals surface area contributed by atoms with Gasteiger partial charge >= 0.3 is 0 Å². The molecule has 1 aromatic heterocycles. The predicted octanol–water partition coefficient (Wildman–Crippen LogP) is 5.64. The first-order valence-electron chi connectivity index (χ1n) is 9.73. The molecular formula is C22H25BrN2O2S2. The molecule has 0 aliphatic carbocycles. The molecule has 0 saturated heterocycles. The molecule has 0 aliphatic rings. The van der Waals surface area contributed by atoms with Gasteiger partial charge in [-0.3, -0.25) is 4.79 Å². The molecule has 0 fully saturated rings. The van der Waals surface area contributed by atoms with Crippen molar-refractivity contribution in [2.45, 2.75) is 32.1 Å². The minimum absolute atomic E-state index is 0.0545. The van der Waals surface area contributed by atoms with E-state index < -0.39 is 0 Å². The lowest BCUT2D eigenvalue weighted by Crippen LogP contribution is -2.19. The fourth-order valence-corrected chi connectivity index (χ4v) is 5.45. The van der Waals surface area contributed by atoms with Gasteiger partial charge in [0.05, 0.1) is 16.8 Å². The second-order valence-corrected chi connectivity index (χ2v) is 9.52. The van der Waals surface area contributed by atoms with Crippen LogP contribution < -0.4 is 4.80 Å². The first-order valence-corrected chi connectivity index (χ1v) is 12.5. The van der Waals surface area contributed by atoms with Gasteiger partial charge < -0.3 is 9.30 Å². The number of nitrogens with zero attached hydrogens (tertiary/aromatic N) is 2. The zero-order valence-electron chi connectivity index (χ0n) is 16.5. The average molecular weight is 493 g/mol. The molecular weight excluding hydrogens is 468 g/mol. The zero-order chi connectivity index (χ0) is 20.5. The van der Waals surface area contributed by atoms with Crippen molar-refractivity contribution in [3.05, 3.63) is 63.4 Å². The van der Waals surface area contributed by atoms with Crippen LogP contribution in [0.1, 0.15) is 25.3 Å². The quantitative estimate of drug-likeness (QED) is 0.343. The van der Waals surface area contributed by atoms with Crippen molar-refractivity contribution in [3.8, 4) is 0 Å². The molecule has 0 aliphatic heterocycles. The van der Waals surface area contributed by atoms with Gasteiger partial charge in [0.15, 0.2) is 4.80 Å². The second kappa shape index (κ2) is 11.7. The number of hydrogen-bond acceptors (Lipinski definition) is 4. The second-order valence-electron chi connectivity index (χ2n) is 6.49. The van der Waals surface area contributed by atoms with E-state index in [0.29, 0.717) is 26.2 Å². The highest BCUT2D eigenvalue weighted by molar-refractivity contribution is 9.10. The zero-order valence-corrected chi connectivity index (χ0v) is 19.7. The number of thiazole rings is 1. The minimum Gasteiger partial charge on any atom is -0.380 e. The van der Waals surface area contributed by atoms with E-state index in [0.717, 1.165) is 37.4 Å². The maximum Gasteiger partial charge on any atom is 0.248 e. The molecule has 4 nitrogen and oxygen atoms in total. The predicted molar refractivity (Wildman–Crippen MR) is 126 cm³/mol. The summed E-state index contributed by atoms with van der Waals surface area (Å²) < 4.78 is 9.74. The van der Waals surface area contributed by atoms with Gasteiger partial charge in [-0.25, -0.2) is 0 Å². The standard InChI is InChI=1S/C22H25BrN2O2S2/c1-2-27-13-12-25-19-11-10-18(23)15-20(19)29-22(25)24-21(26)9-6-14-28-16-17-7-4-3-5-8-17/h3-5,7-8,10-11,15H,2,6,9,12-14,16H2,1H3. The summed E-state index contributed by atoms with van der Waals surface area (Å²) in [4.78, 5) is 17.6. The topological polar surface area (TPSA) is 43.6 Å². The SMILES string of the molecule is CCOCCn1c(=NC(=O)CCCSCc2ccccc2)sc2cc(Br)ccc21. The van der Waals surface area contributed by atoms with Crippen LogP contribution in [0.5, 0.6) is 0 Å². The monoisotopic (exact) mass is 492 g/mol. The molecule has 1 heterocycles. The highest BCUT2D eigenvalue weighted by Gasteiger charge is 2.09. The average Bonchev–Trinajstić information content (AvgIpc) is 3.04. The molecule has 2 aromatic carbocycles. The Morgan fingerprint density at radius 3 is 2.86 bits per heavy atom. The van der Waals surface area contributed by atoms with E-state index in [1.807, 2.05) is 30.8 Å². The Balaban J connectivity index is 1.61. The number of fused-ring (bicyclic) bond motifs is 1. The van der Waals surface area contributed by atoms with Crippen molar-refractivity contribution in [3.63, 3.8) is 0 Å².